The molecule has 0 aliphatic rings. The summed E-state index contributed by atoms with van der Waals surface area (Å²) in [4.78, 5) is 17.5. The van der Waals surface area contributed by atoms with E-state index in [2.05, 4.69) is 34.4 Å². The molecule has 1 aromatic heterocycles. The zero-order valence-electron chi connectivity index (χ0n) is 10.1. The van der Waals surface area contributed by atoms with Crippen molar-refractivity contribution in [2.45, 2.75) is 33.9 Å². The van der Waals surface area contributed by atoms with E-state index < -0.39 is 0 Å². The van der Waals surface area contributed by atoms with Gasteiger partial charge in [0.2, 0.25) is 5.91 Å². The highest BCUT2D eigenvalue weighted by Crippen LogP contribution is 2.11. The van der Waals surface area contributed by atoms with Gasteiger partial charge in [0.05, 0.1) is 12.2 Å². The molecule has 0 bridgehead atoms. The molecule has 0 aliphatic heterocycles. The summed E-state index contributed by atoms with van der Waals surface area (Å²) in [6, 6.07) is 0. The minimum atomic E-state index is -0.0134. The lowest BCUT2D eigenvalue weighted by molar-refractivity contribution is -0.119. The summed E-state index contributed by atoms with van der Waals surface area (Å²) in [5.41, 5.74) is 1.09. The van der Waals surface area contributed by atoms with Gasteiger partial charge in [-0.15, -0.1) is 11.3 Å². The molecule has 1 N–H and O–H groups in total. The molecule has 4 nitrogen and oxygen atoms in total. The Bertz CT molecular complexity index is 334. The number of nitrogens with zero attached hydrogens (tertiary/aromatic N) is 2. The van der Waals surface area contributed by atoms with Gasteiger partial charge in [-0.3, -0.25) is 9.69 Å². The molecule has 0 radical (unpaired) electrons. The zero-order valence-corrected chi connectivity index (χ0v) is 10.9. The summed E-state index contributed by atoms with van der Waals surface area (Å²) in [5.74, 6) is -0.0134. The molecule has 0 spiro atoms. The third-order valence-electron chi connectivity index (χ3n) is 2.37. The maximum absolute atomic E-state index is 10.8. The van der Waals surface area contributed by atoms with Crippen LogP contribution in [0.2, 0.25) is 0 Å². The minimum absolute atomic E-state index is 0.0134. The first-order valence-electron chi connectivity index (χ1n) is 5.55. The Morgan fingerprint density at radius 1 is 1.50 bits per heavy atom. The summed E-state index contributed by atoms with van der Waals surface area (Å²) in [6.45, 7) is 9.32. The first kappa shape index (κ1) is 13.1. The van der Waals surface area contributed by atoms with Gasteiger partial charge in [-0.1, -0.05) is 13.8 Å². The zero-order chi connectivity index (χ0) is 12.0. The molecule has 0 saturated carbocycles. The highest BCUT2D eigenvalue weighted by Gasteiger charge is 2.06. The standard InChI is InChI=1S/C11H19N3OS/c1-4-14(5-2)7-10-8-16-11(13-10)6-12-9(3)15/h8H,4-7H2,1-3H3,(H,12,15). The van der Waals surface area contributed by atoms with E-state index in [0.29, 0.717) is 6.54 Å². The van der Waals surface area contributed by atoms with Gasteiger partial charge in [-0.2, -0.15) is 0 Å². The molecule has 16 heavy (non-hydrogen) atoms. The van der Waals surface area contributed by atoms with Gasteiger partial charge in [0.25, 0.3) is 0 Å². The molecule has 0 aromatic carbocycles. The summed E-state index contributed by atoms with van der Waals surface area (Å²) < 4.78 is 0. The first-order valence-corrected chi connectivity index (χ1v) is 6.43. The Morgan fingerprint density at radius 3 is 2.75 bits per heavy atom. The topological polar surface area (TPSA) is 45.2 Å². The maximum atomic E-state index is 10.8. The smallest absolute Gasteiger partial charge is 0.217 e. The second kappa shape index (κ2) is 6.60. The second-order valence-corrected chi connectivity index (χ2v) is 4.55. The first-order chi connectivity index (χ1) is 7.65. The third-order valence-corrected chi connectivity index (χ3v) is 3.27. The Balaban J connectivity index is 2.47. The fourth-order valence-electron chi connectivity index (χ4n) is 1.38. The number of hydrogen-bond acceptors (Lipinski definition) is 4. The van der Waals surface area contributed by atoms with Crippen molar-refractivity contribution in [2.24, 2.45) is 0 Å². The summed E-state index contributed by atoms with van der Waals surface area (Å²) in [6.07, 6.45) is 0. The molecule has 1 heterocycles. The van der Waals surface area contributed by atoms with Crippen LogP contribution in [-0.2, 0) is 17.9 Å². The molecular formula is C11H19N3OS. The number of thiazole rings is 1. The molecule has 0 fully saturated rings. The second-order valence-electron chi connectivity index (χ2n) is 3.60. The largest absolute Gasteiger partial charge is 0.350 e. The average Bonchev–Trinajstić information content (AvgIpc) is 2.70. The van der Waals surface area contributed by atoms with Crippen molar-refractivity contribution in [1.82, 2.24) is 15.2 Å². The SMILES string of the molecule is CCN(CC)Cc1csc(CNC(C)=O)n1. The Labute approximate surface area is 101 Å². The highest BCUT2D eigenvalue weighted by atomic mass is 32.1. The van der Waals surface area contributed by atoms with Gasteiger partial charge in [0.15, 0.2) is 0 Å². The Hall–Kier alpha value is -0.940. The van der Waals surface area contributed by atoms with Crippen LogP contribution < -0.4 is 5.32 Å². The molecule has 5 heteroatoms. The van der Waals surface area contributed by atoms with Gasteiger partial charge in [0, 0.05) is 18.8 Å². The lowest BCUT2D eigenvalue weighted by atomic mass is 10.4. The van der Waals surface area contributed by atoms with E-state index in [0.717, 1.165) is 30.3 Å². The number of aromatic nitrogens is 1. The molecule has 1 aromatic rings. The van der Waals surface area contributed by atoms with Gasteiger partial charge in [0.1, 0.15) is 5.01 Å². The molecule has 1 rings (SSSR count). The molecule has 0 atom stereocenters. The summed E-state index contributed by atoms with van der Waals surface area (Å²) in [7, 11) is 0. The lowest BCUT2D eigenvalue weighted by Crippen LogP contribution is -2.22. The predicted octanol–water partition coefficient (Wildman–Crippen LogP) is 1.62. The highest BCUT2D eigenvalue weighted by molar-refractivity contribution is 7.09. The van der Waals surface area contributed by atoms with Crippen LogP contribution in [0.25, 0.3) is 0 Å². The quantitative estimate of drug-likeness (QED) is 0.823. The van der Waals surface area contributed by atoms with Crippen LogP contribution in [0.1, 0.15) is 31.5 Å². The van der Waals surface area contributed by atoms with E-state index in [9.17, 15) is 4.79 Å². The van der Waals surface area contributed by atoms with Gasteiger partial charge < -0.3 is 5.32 Å². The number of hydrogen-bond donors (Lipinski definition) is 1. The normalized spacial score (nSPS) is 10.8. The van der Waals surface area contributed by atoms with Crippen LogP contribution in [0.5, 0.6) is 0 Å². The molecular weight excluding hydrogens is 222 g/mol. The van der Waals surface area contributed by atoms with Crippen LogP contribution >= 0.6 is 11.3 Å². The monoisotopic (exact) mass is 241 g/mol. The molecule has 90 valence electrons. The fraction of sp³-hybridized carbons (Fsp3) is 0.636. The number of rotatable bonds is 6. The van der Waals surface area contributed by atoms with Crippen LogP contribution in [-0.4, -0.2) is 28.9 Å². The van der Waals surface area contributed by atoms with Crippen LogP contribution in [0.3, 0.4) is 0 Å². The van der Waals surface area contributed by atoms with Crippen molar-refractivity contribution >= 4 is 17.2 Å². The molecule has 0 aliphatic carbocycles. The third kappa shape index (κ3) is 4.28. The van der Waals surface area contributed by atoms with Gasteiger partial charge in [-0.25, -0.2) is 4.98 Å². The van der Waals surface area contributed by atoms with Gasteiger partial charge in [-0.05, 0) is 13.1 Å². The Morgan fingerprint density at radius 2 is 2.19 bits per heavy atom. The average molecular weight is 241 g/mol. The van der Waals surface area contributed by atoms with E-state index in [4.69, 9.17) is 0 Å². The minimum Gasteiger partial charge on any atom is -0.350 e. The number of amides is 1. The number of nitrogens with one attached hydrogen (secondary N) is 1. The Kier molecular flexibility index (Phi) is 5.42. The number of carbonyl (C=O) groups excluding carboxylic acids is 1. The van der Waals surface area contributed by atoms with Gasteiger partial charge >= 0.3 is 0 Å². The number of carbonyl (C=O) groups is 1. The fourth-order valence-corrected chi connectivity index (χ4v) is 2.10. The van der Waals surface area contributed by atoms with Crippen molar-refractivity contribution in [1.29, 1.82) is 0 Å². The van der Waals surface area contributed by atoms with Crippen LogP contribution in [0.15, 0.2) is 5.38 Å². The van der Waals surface area contributed by atoms with Crippen molar-refractivity contribution in [2.75, 3.05) is 13.1 Å². The van der Waals surface area contributed by atoms with Crippen molar-refractivity contribution in [3.8, 4) is 0 Å². The van der Waals surface area contributed by atoms with E-state index in [1.54, 1.807) is 11.3 Å². The summed E-state index contributed by atoms with van der Waals surface area (Å²) >= 11 is 1.60. The molecule has 0 unspecified atom stereocenters. The summed E-state index contributed by atoms with van der Waals surface area (Å²) in [5, 5.41) is 5.79. The van der Waals surface area contributed by atoms with Crippen molar-refractivity contribution in [3.05, 3.63) is 16.1 Å². The van der Waals surface area contributed by atoms with E-state index in [1.807, 2.05) is 0 Å². The maximum Gasteiger partial charge on any atom is 0.217 e. The van der Waals surface area contributed by atoms with Crippen molar-refractivity contribution < 1.29 is 4.79 Å². The van der Waals surface area contributed by atoms with E-state index >= 15 is 0 Å². The molecule has 1 amide bonds. The van der Waals surface area contributed by atoms with Crippen LogP contribution in [0.4, 0.5) is 0 Å². The predicted molar refractivity (Wildman–Crippen MR) is 66.3 cm³/mol. The molecule has 0 saturated heterocycles. The van der Waals surface area contributed by atoms with E-state index in [1.165, 1.54) is 6.92 Å². The van der Waals surface area contributed by atoms with Crippen LogP contribution in [0, 0.1) is 0 Å². The van der Waals surface area contributed by atoms with Crippen molar-refractivity contribution in [3.63, 3.8) is 0 Å². The van der Waals surface area contributed by atoms with E-state index in [-0.39, 0.29) is 5.91 Å². The lowest BCUT2D eigenvalue weighted by Gasteiger charge is -2.15.